The maximum Gasteiger partial charge on any atom is 0.276 e. The minimum absolute atomic E-state index is 0.00979. The van der Waals surface area contributed by atoms with Crippen molar-refractivity contribution in [2.24, 2.45) is 0 Å². The quantitative estimate of drug-likeness (QED) is 0.425. The van der Waals surface area contributed by atoms with Gasteiger partial charge in [-0.1, -0.05) is 41.6 Å². The van der Waals surface area contributed by atoms with E-state index in [9.17, 15) is 9.18 Å². The van der Waals surface area contributed by atoms with Crippen molar-refractivity contribution in [2.45, 2.75) is 10.9 Å². The van der Waals surface area contributed by atoms with Gasteiger partial charge in [-0.25, -0.2) is 14.4 Å². The number of benzene rings is 2. The topological polar surface area (TPSA) is 73.3 Å². The predicted molar refractivity (Wildman–Crippen MR) is 111 cm³/mol. The average molecular weight is 434 g/mol. The highest BCUT2D eigenvalue weighted by Crippen LogP contribution is 2.30. The fourth-order valence-electron chi connectivity index (χ4n) is 2.42. The van der Waals surface area contributed by atoms with Crippen molar-refractivity contribution in [3.8, 4) is 11.5 Å². The van der Waals surface area contributed by atoms with Gasteiger partial charge < -0.3 is 14.8 Å². The molecule has 1 aromatic heterocycles. The number of nitrogens with zero attached hydrogens (tertiary/aromatic N) is 2. The summed E-state index contributed by atoms with van der Waals surface area (Å²) in [6.07, 6.45) is 1.35. The second kappa shape index (κ2) is 9.58. The standard InChI is InChI=1S/C20H17ClFN3O3S/c1-27-13-7-8-16(17(9-13)28-2)24-19(26)18-14(21)10-23-20(25-18)29-11-12-5-3-4-6-15(12)22/h3-10H,11H2,1-2H3,(H,24,26). The minimum Gasteiger partial charge on any atom is -0.497 e. The summed E-state index contributed by atoms with van der Waals surface area (Å²) < 4.78 is 24.2. The molecule has 6 nitrogen and oxygen atoms in total. The van der Waals surface area contributed by atoms with Crippen LogP contribution in [0.25, 0.3) is 0 Å². The third-order valence-corrected chi connectivity index (χ3v) is 5.10. The first-order chi connectivity index (χ1) is 14.0. The summed E-state index contributed by atoms with van der Waals surface area (Å²) >= 11 is 7.32. The zero-order valence-corrected chi connectivity index (χ0v) is 17.2. The Morgan fingerprint density at radius 1 is 1.21 bits per heavy atom. The van der Waals surface area contributed by atoms with Gasteiger partial charge in [0.25, 0.3) is 5.91 Å². The smallest absolute Gasteiger partial charge is 0.276 e. The van der Waals surface area contributed by atoms with Gasteiger partial charge >= 0.3 is 0 Å². The van der Waals surface area contributed by atoms with Crippen molar-refractivity contribution in [2.75, 3.05) is 19.5 Å². The van der Waals surface area contributed by atoms with Gasteiger partial charge in [0.15, 0.2) is 10.9 Å². The van der Waals surface area contributed by atoms with E-state index in [4.69, 9.17) is 21.1 Å². The van der Waals surface area contributed by atoms with E-state index in [1.807, 2.05) is 0 Å². The largest absolute Gasteiger partial charge is 0.497 e. The number of aromatic nitrogens is 2. The molecule has 0 atom stereocenters. The van der Waals surface area contributed by atoms with Crippen LogP contribution in [0.2, 0.25) is 5.02 Å². The van der Waals surface area contributed by atoms with Crippen LogP contribution in [0, 0.1) is 5.82 Å². The van der Waals surface area contributed by atoms with E-state index in [2.05, 4.69) is 15.3 Å². The monoisotopic (exact) mass is 433 g/mol. The molecule has 1 N–H and O–H groups in total. The van der Waals surface area contributed by atoms with Crippen LogP contribution in [0.4, 0.5) is 10.1 Å². The Bertz CT molecular complexity index is 1040. The van der Waals surface area contributed by atoms with Gasteiger partial charge in [-0.15, -0.1) is 0 Å². The third kappa shape index (κ3) is 5.16. The van der Waals surface area contributed by atoms with Crippen LogP contribution in [0.15, 0.2) is 53.8 Å². The van der Waals surface area contributed by atoms with Crippen molar-refractivity contribution in [3.63, 3.8) is 0 Å². The van der Waals surface area contributed by atoms with Gasteiger partial charge in [-0.2, -0.15) is 0 Å². The lowest BCUT2D eigenvalue weighted by Gasteiger charge is -2.12. The second-order valence-corrected chi connectivity index (χ2v) is 7.10. The van der Waals surface area contributed by atoms with Crippen molar-refractivity contribution >= 4 is 35.0 Å². The average Bonchev–Trinajstić information content (AvgIpc) is 2.74. The van der Waals surface area contributed by atoms with Gasteiger partial charge in [0.05, 0.1) is 31.1 Å². The van der Waals surface area contributed by atoms with Crippen molar-refractivity contribution in [1.29, 1.82) is 0 Å². The number of thioether (sulfide) groups is 1. The number of rotatable bonds is 7. The zero-order chi connectivity index (χ0) is 20.8. The highest BCUT2D eigenvalue weighted by molar-refractivity contribution is 7.98. The van der Waals surface area contributed by atoms with Crippen LogP contribution < -0.4 is 14.8 Å². The number of amides is 1. The molecule has 0 unspecified atom stereocenters. The number of carbonyl (C=O) groups is 1. The maximum atomic E-state index is 13.8. The summed E-state index contributed by atoms with van der Waals surface area (Å²) in [4.78, 5) is 21.0. The van der Waals surface area contributed by atoms with Crippen LogP contribution in [-0.4, -0.2) is 30.1 Å². The molecule has 0 saturated carbocycles. The molecule has 0 fully saturated rings. The van der Waals surface area contributed by atoms with E-state index in [1.54, 1.807) is 36.4 Å². The number of hydrogen-bond acceptors (Lipinski definition) is 6. The van der Waals surface area contributed by atoms with E-state index in [-0.39, 0.29) is 16.5 Å². The van der Waals surface area contributed by atoms with E-state index >= 15 is 0 Å². The molecule has 0 radical (unpaired) electrons. The van der Waals surface area contributed by atoms with Gasteiger partial charge in [-0.3, -0.25) is 4.79 Å². The molecular weight excluding hydrogens is 417 g/mol. The molecule has 2 aromatic carbocycles. The van der Waals surface area contributed by atoms with Crippen LogP contribution in [0.1, 0.15) is 16.1 Å². The molecule has 0 spiro atoms. The number of anilines is 1. The van der Waals surface area contributed by atoms with E-state index in [0.717, 1.165) is 0 Å². The Labute approximate surface area is 176 Å². The van der Waals surface area contributed by atoms with E-state index < -0.39 is 5.91 Å². The molecule has 0 aliphatic rings. The lowest BCUT2D eigenvalue weighted by Crippen LogP contribution is -2.15. The lowest BCUT2D eigenvalue weighted by atomic mass is 10.2. The molecule has 3 rings (SSSR count). The molecule has 0 saturated heterocycles. The molecular formula is C20H17ClFN3O3S. The summed E-state index contributed by atoms with van der Waals surface area (Å²) in [5, 5.41) is 3.13. The Kier molecular flexibility index (Phi) is 6.90. The van der Waals surface area contributed by atoms with Crippen LogP contribution in [-0.2, 0) is 5.75 Å². The number of halogens is 2. The first kappa shape index (κ1) is 20.9. The minimum atomic E-state index is -0.520. The van der Waals surface area contributed by atoms with Gasteiger partial charge in [0.2, 0.25) is 0 Å². The van der Waals surface area contributed by atoms with Crippen molar-refractivity contribution in [1.82, 2.24) is 9.97 Å². The summed E-state index contributed by atoms with van der Waals surface area (Å²) in [5.41, 5.74) is 0.967. The van der Waals surface area contributed by atoms with Gasteiger partial charge in [-0.05, 0) is 23.8 Å². The predicted octanol–water partition coefficient (Wildman–Crippen LogP) is 4.83. The highest BCUT2D eigenvalue weighted by atomic mass is 35.5. The normalized spacial score (nSPS) is 10.5. The number of hydrogen-bond donors (Lipinski definition) is 1. The molecule has 0 bridgehead atoms. The summed E-state index contributed by atoms with van der Waals surface area (Å²) in [5.74, 6) is 0.512. The number of methoxy groups -OCH3 is 2. The molecule has 29 heavy (non-hydrogen) atoms. The van der Waals surface area contributed by atoms with Crippen LogP contribution in [0.3, 0.4) is 0 Å². The molecule has 0 aliphatic heterocycles. The Morgan fingerprint density at radius 3 is 2.72 bits per heavy atom. The lowest BCUT2D eigenvalue weighted by molar-refractivity contribution is 0.102. The number of ether oxygens (including phenoxy) is 2. The zero-order valence-electron chi connectivity index (χ0n) is 15.6. The first-order valence-electron chi connectivity index (χ1n) is 8.44. The molecule has 150 valence electrons. The fraction of sp³-hybridized carbons (Fsp3) is 0.150. The molecule has 1 amide bonds. The molecule has 1 heterocycles. The molecule has 0 aliphatic carbocycles. The first-order valence-corrected chi connectivity index (χ1v) is 9.80. The van der Waals surface area contributed by atoms with Crippen molar-refractivity contribution in [3.05, 3.63) is 70.8 Å². The van der Waals surface area contributed by atoms with Gasteiger partial charge in [0.1, 0.15) is 17.3 Å². The summed E-state index contributed by atoms with van der Waals surface area (Å²) in [6.45, 7) is 0. The van der Waals surface area contributed by atoms with Crippen LogP contribution >= 0.6 is 23.4 Å². The van der Waals surface area contributed by atoms with E-state index in [0.29, 0.717) is 33.7 Å². The van der Waals surface area contributed by atoms with E-state index in [1.165, 1.54) is 38.2 Å². The van der Waals surface area contributed by atoms with Gasteiger partial charge in [0, 0.05) is 11.8 Å². The molecule has 3 aromatic rings. The Balaban J connectivity index is 1.77. The number of carbonyl (C=O) groups excluding carboxylic acids is 1. The Hall–Kier alpha value is -2.84. The fourth-order valence-corrected chi connectivity index (χ4v) is 3.40. The Morgan fingerprint density at radius 2 is 2.00 bits per heavy atom. The highest BCUT2D eigenvalue weighted by Gasteiger charge is 2.17. The summed E-state index contributed by atoms with van der Waals surface area (Å²) in [7, 11) is 3.02. The van der Waals surface area contributed by atoms with Crippen LogP contribution in [0.5, 0.6) is 11.5 Å². The second-order valence-electron chi connectivity index (χ2n) is 5.75. The molecule has 9 heteroatoms. The third-order valence-electron chi connectivity index (χ3n) is 3.91. The van der Waals surface area contributed by atoms with Crippen molar-refractivity contribution < 1.29 is 18.7 Å². The SMILES string of the molecule is COc1ccc(NC(=O)c2nc(SCc3ccccc3F)ncc2Cl)c(OC)c1. The summed E-state index contributed by atoms with van der Waals surface area (Å²) in [6, 6.07) is 11.4. The number of nitrogens with one attached hydrogen (secondary N) is 1. The maximum absolute atomic E-state index is 13.8.